The minimum atomic E-state index is -3.62. The Morgan fingerprint density at radius 1 is 1.14 bits per heavy atom. The Balaban J connectivity index is 1.21. The van der Waals surface area contributed by atoms with Gasteiger partial charge in [0.2, 0.25) is 10.0 Å². The van der Waals surface area contributed by atoms with E-state index in [9.17, 15) is 8.42 Å². The van der Waals surface area contributed by atoms with Gasteiger partial charge in [-0.3, -0.25) is 10.3 Å². The fraction of sp³-hybridized carbons (Fsp3) is 0.423. The van der Waals surface area contributed by atoms with Crippen LogP contribution in [0.4, 0.5) is 0 Å². The second kappa shape index (κ2) is 12.9. The van der Waals surface area contributed by atoms with E-state index in [1.165, 1.54) is 4.31 Å². The van der Waals surface area contributed by atoms with Gasteiger partial charge in [0, 0.05) is 31.8 Å². The predicted octanol–water partition coefficient (Wildman–Crippen LogP) is 3.48. The van der Waals surface area contributed by atoms with Gasteiger partial charge in [0.15, 0.2) is 6.29 Å². The summed E-state index contributed by atoms with van der Waals surface area (Å²) in [5, 5.41) is 8.98. The third-order valence-electron chi connectivity index (χ3n) is 5.93. The van der Waals surface area contributed by atoms with Gasteiger partial charge in [0.05, 0.1) is 29.7 Å². The van der Waals surface area contributed by atoms with E-state index in [4.69, 9.17) is 24.3 Å². The summed E-state index contributed by atoms with van der Waals surface area (Å²) in [6.45, 7) is 2.40. The SMILES string of the molecule is N#Cc1cccc(CONC2=CCN(S(=O)(=O)c3ccc(OCCOC4CCCCO4)cc3)CC2)c1. The van der Waals surface area contributed by atoms with Gasteiger partial charge in [-0.25, -0.2) is 8.42 Å². The summed E-state index contributed by atoms with van der Waals surface area (Å²) >= 11 is 0. The van der Waals surface area contributed by atoms with Crippen LogP contribution >= 0.6 is 0 Å². The molecule has 0 aliphatic carbocycles. The molecule has 2 aromatic rings. The molecule has 1 saturated heterocycles. The molecule has 0 saturated carbocycles. The molecule has 9 nitrogen and oxygen atoms in total. The lowest BCUT2D eigenvalue weighted by Gasteiger charge is -2.26. The first-order valence-corrected chi connectivity index (χ1v) is 13.5. The molecule has 2 aliphatic heterocycles. The zero-order chi connectivity index (χ0) is 25.2. The Hall–Kier alpha value is -2.94. The summed E-state index contributed by atoms with van der Waals surface area (Å²) in [7, 11) is -3.62. The van der Waals surface area contributed by atoms with Crippen molar-refractivity contribution in [3.05, 3.63) is 71.4 Å². The lowest BCUT2D eigenvalue weighted by atomic mass is 10.1. The Kier molecular flexibility index (Phi) is 9.33. The Bertz CT molecular complexity index is 1170. The lowest BCUT2D eigenvalue weighted by Crippen LogP contribution is -2.36. The van der Waals surface area contributed by atoms with E-state index in [0.717, 1.165) is 37.1 Å². The van der Waals surface area contributed by atoms with E-state index in [2.05, 4.69) is 11.5 Å². The van der Waals surface area contributed by atoms with E-state index < -0.39 is 10.0 Å². The first-order chi connectivity index (χ1) is 17.5. The van der Waals surface area contributed by atoms with Crippen molar-refractivity contribution in [3.8, 4) is 11.8 Å². The number of sulfonamides is 1. The largest absolute Gasteiger partial charge is 0.491 e. The molecule has 36 heavy (non-hydrogen) atoms. The van der Waals surface area contributed by atoms with Crippen molar-refractivity contribution in [2.45, 2.75) is 43.5 Å². The minimum Gasteiger partial charge on any atom is -0.491 e. The van der Waals surface area contributed by atoms with Crippen LogP contribution in [-0.4, -0.2) is 51.9 Å². The molecule has 1 fully saturated rings. The highest BCUT2D eigenvalue weighted by Crippen LogP contribution is 2.22. The second-order valence-corrected chi connectivity index (χ2v) is 10.5. The number of rotatable bonds is 11. The molecule has 1 N–H and O–H groups in total. The van der Waals surface area contributed by atoms with Crippen LogP contribution < -0.4 is 10.2 Å². The monoisotopic (exact) mass is 513 g/mol. The van der Waals surface area contributed by atoms with Gasteiger partial charge in [-0.05, 0) is 67.3 Å². The van der Waals surface area contributed by atoms with Crippen molar-refractivity contribution >= 4 is 10.0 Å². The van der Waals surface area contributed by atoms with Gasteiger partial charge in [-0.1, -0.05) is 12.1 Å². The number of ether oxygens (including phenoxy) is 3. The third-order valence-corrected chi connectivity index (χ3v) is 7.80. The summed E-state index contributed by atoms with van der Waals surface area (Å²) in [6, 6.07) is 15.7. The van der Waals surface area contributed by atoms with Crippen LogP contribution in [0.5, 0.6) is 5.75 Å². The third kappa shape index (κ3) is 7.29. The molecule has 2 aliphatic rings. The van der Waals surface area contributed by atoms with Gasteiger partial charge < -0.3 is 14.2 Å². The summed E-state index contributed by atoms with van der Waals surface area (Å²) in [6.07, 6.45) is 5.24. The summed E-state index contributed by atoms with van der Waals surface area (Å²) in [5.41, 5.74) is 5.17. The Labute approximate surface area is 212 Å². The average molecular weight is 514 g/mol. The highest BCUT2D eigenvalue weighted by Gasteiger charge is 2.26. The van der Waals surface area contributed by atoms with Crippen LogP contribution in [0.3, 0.4) is 0 Å². The molecule has 0 bridgehead atoms. The molecule has 1 unspecified atom stereocenters. The number of hydrogen-bond donors (Lipinski definition) is 1. The van der Waals surface area contributed by atoms with Crippen molar-refractivity contribution in [1.29, 1.82) is 5.26 Å². The zero-order valence-electron chi connectivity index (χ0n) is 20.1. The van der Waals surface area contributed by atoms with Gasteiger partial charge in [0.1, 0.15) is 12.4 Å². The van der Waals surface area contributed by atoms with Crippen molar-refractivity contribution in [2.75, 3.05) is 32.9 Å². The zero-order valence-corrected chi connectivity index (χ0v) is 20.9. The molecule has 192 valence electrons. The molecule has 4 rings (SSSR count). The van der Waals surface area contributed by atoms with Crippen molar-refractivity contribution in [3.63, 3.8) is 0 Å². The fourth-order valence-corrected chi connectivity index (χ4v) is 5.32. The quantitative estimate of drug-likeness (QED) is 0.359. The van der Waals surface area contributed by atoms with Crippen LogP contribution in [0.25, 0.3) is 0 Å². The van der Waals surface area contributed by atoms with Crippen molar-refractivity contribution < 1.29 is 27.5 Å². The number of nitriles is 1. The molecule has 0 aromatic heterocycles. The standard InChI is InChI=1S/C26H31N3O6S/c27-19-21-4-3-5-22(18-21)20-35-28-23-11-13-29(14-12-23)36(30,31)25-9-7-24(8-10-25)32-16-17-34-26-6-1-2-15-33-26/h3-5,7-11,18,26,28H,1-2,6,12-17,20H2. The summed E-state index contributed by atoms with van der Waals surface area (Å²) in [4.78, 5) is 5.75. The molecule has 0 spiro atoms. The maximum absolute atomic E-state index is 13.0. The fourth-order valence-electron chi connectivity index (χ4n) is 3.94. The van der Waals surface area contributed by atoms with Gasteiger partial charge in [-0.2, -0.15) is 9.57 Å². The van der Waals surface area contributed by atoms with Crippen molar-refractivity contribution in [2.24, 2.45) is 0 Å². The smallest absolute Gasteiger partial charge is 0.243 e. The molecule has 10 heteroatoms. The Morgan fingerprint density at radius 3 is 2.72 bits per heavy atom. The molecule has 0 amide bonds. The van der Waals surface area contributed by atoms with E-state index in [0.29, 0.717) is 44.1 Å². The van der Waals surface area contributed by atoms with Crippen molar-refractivity contribution in [1.82, 2.24) is 9.79 Å². The maximum Gasteiger partial charge on any atom is 0.243 e. The van der Waals surface area contributed by atoms with E-state index >= 15 is 0 Å². The van der Waals surface area contributed by atoms with E-state index in [1.807, 2.05) is 6.07 Å². The molecular formula is C26H31N3O6S. The molecule has 1 atom stereocenters. The number of hydrogen-bond acceptors (Lipinski definition) is 8. The summed E-state index contributed by atoms with van der Waals surface area (Å²) < 4.78 is 44.4. The predicted molar refractivity (Wildman–Crippen MR) is 132 cm³/mol. The van der Waals surface area contributed by atoms with Crippen LogP contribution in [0, 0.1) is 11.3 Å². The van der Waals surface area contributed by atoms with Gasteiger partial charge in [0.25, 0.3) is 0 Å². The van der Waals surface area contributed by atoms with Gasteiger partial charge >= 0.3 is 0 Å². The first kappa shape index (κ1) is 26.1. The van der Waals surface area contributed by atoms with Crippen LogP contribution in [0.15, 0.2) is 65.2 Å². The minimum absolute atomic E-state index is 0.155. The lowest BCUT2D eigenvalue weighted by molar-refractivity contribution is -0.165. The van der Waals surface area contributed by atoms with E-state index in [-0.39, 0.29) is 17.7 Å². The number of hydroxylamine groups is 1. The maximum atomic E-state index is 13.0. The second-order valence-electron chi connectivity index (χ2n) is 8.53. The Morgan fingerprint density at radius 2 is 2.00 bits per heavy atom. The average Bonchev–Trinajstić information content (AvgIpc) is 2.92. The first-order valence-electron chi connectivity index (χ1n) is 12.1. The molecule has 0 radical (unpaired) electrons. The number of nitrogens with one attached hydrogen (secondary N) is 1. The number of nitrogens with zero attached hydrogens (tertiary/aromatic N) is 2. The van der Waals surface area contributed by atoms with E-state index in [1.54, 1.807) is 48.5 Å². The van der Waals surface area contributed by atoms with Crippen LogP contribution in [0.1, 0.15) is 36.8 Å². The topological polar surface area (TPSA) is 110 Å². The molecular weight excluding hydrogens is 482 g/mol. The number of benzene rings is 2. The highest BCUT2D eigenvalue weighted by atomic mass is 32.2. The van der Waals surface area contributed by atoms with Crippen LogP contribution in [0.2, 0.25) is 0 Å². The molecule has 2 aromatic carbocycles. The normalized spacial score (nSPS) is 18.8. The molecule has 2 heterocycles. The van der Waals surface area contributed by atoms with Crippen LogP contribution in [-0.2, 0) is 30.9 Å². The van der Waals surface area contributed by atoms with Gasteiger partial charge in [-0.15, -0.1) is 0 Å². The summed E-state index contributed by atoms with van der Waals surface area (Å²) in [5.74, 6) is 0.588. The highest BCUT2D eigenvalue weighted by molar-refractivity contribution is 7.89.